The summed E-state index contributed by atoms with van der Waals surface area (Å²) < 4.78 is 0. The zero-order valence-electron chi connectivity index (χ0n) is 11.7. The van der Waals surface area contributed by atoms with Crippen molar-refractivity contribution in [2.75, 3.05) is 11.9 Å². The van der Waals surface area contributed by atoms with Crippen molar-refractivity contribution in [2.24, 2.45) is 5.41 Å². The van der Waals surface area contributed by atoms with Crippen LogP contribution in [0.2, 0.25) is 0 Å². The Bertz CT molecular complexity index is 471. The summed E-state index contributed by atoms with van der Waals surface area (Å²) in [6, 6.07) is 7.91. The molecule has 104 valence electrons. The summed E-state index contributed by atoms with van der Waals surface area (Å²) in [6.45, 7) is 6.26. The standard InChI is InChI=1S/C15H22N2O2/c1-10-6-4-5-7-11(10)17-14(19)9-16-12-8-13(18)15(12,2)3/h4-7,12-13,16,18H,8-9H2,1-3H3,(H,17,19). The Morgan fingerprint density at radius 3 is 2.68 bits per heavy atom. The average molecular weight is 262 g/mol. The van der Waals surface area contributed by atoms with Gasteiger partial charge in [-0.15, -0.1) is 0 Å². The van der Waals surface area contributed by atoms with Crippen molar-refractivity contribution in [2.45, 2.75) is 39.3 Å². The van der Waals surface area contributed by atoms with E-state index in [9.17, 15) is 9.90 Å². The fraction of sp³-hybridized carbons (Fsp3) is 0.533. The van der Waals surface area contributed by atoms with Gasteiger partial charge in [-0.05, 0) is 25.0 Å². The molecular formula is C15H22N2O2. The van der Waals surface area contributed by atoms with Crippen molar-refractivity contribution in [3.8, 4) is 0 Å². The normalized spacial score (nSPS) is 24.6. The summed E-state index contributed by atoms with van der Waals surface area (Å²) in [5, 5.41) is 15.7. The van der Waals surface area contributed by atoms with Crippen LogP contribution in [0.5, 0.6) is 0 Å². The highest BCUT2D eigenvalue weighted by Crippen LogP contribution is 2.40. The second-order valence-corrected chi connectivity index (χ2v) is 5.87. The first-order chi connectivity index (χ1) is 8.91. The second kappa shape index (κ2) is 5.31. The lowest BCUT2D eigenvalue weighted by Crippen LogP contribution is -2.60. The topological polar surface area (TPSA) is 61.4 Å². The number of aliphatic hydroxyl groups is 1. The molecule has 2 atom stereocenters. The highest BCUT2D eigenvalue weighted by molar-refractivity contribution is 5.92. The van der Waals surface area contributed by atoms with Gasteiger partial charge in [-0.1, -0.05) is 32.0 Å². The van der Waals surface area contributed by atoms with Gasteiger partial charge < -0.3 is 15.7 Å². The van der Waals surface area contributed by atoms with Crippen LogP contribution in [0.3, 0.4) is 0 Å². The number of amides is 1. The number of carbonyl (C=O) groups excluding carboxylic acids is 1. The molecule has 1 aliphatic carbocycles. The number of carbonyl (C=O) groups is 1. The molecule has 2 unspecified atom stereocenters. The summed E-state index contributed by atoms with van der Waals surface area (Å²) in [7, 11) is 0. The van der Waals surface area contributed by atoms with E-state index < -0.39 is 0 Å². The van der Waals surface area contributed by atoms with Crippen LogP contribution in [0, 0.1) is 12.3 Å². The van der Waals surface area contributed by atoms with Crippen LogP contribution in [0.1, 0.15) is 25.8 Å². The third-order valence-corrected chi connectivity index (χ3v) is 4.14. The molecule has 0 bridgehead atoms. The number of anilines is 1. The van der Waals surface area contributed by atoms with Crippen LogP contribution in [0.4, 0.5) is 5.69 Å². The molecule has 0 heterocycles. The maximum atomic E-state index is 11.9. The number of aryl methyl sites for hydroxylation is 1. The first kappa shape index (κ1) is 14.0. The number of aliphatic hydroxyl groups excluding tert-OH is 1. The third-order valence-electron chi connectivity index (χ3n) is 4.14. The molecule has 1 fully saturated rings. The lowest BCUT2D eigenvalue weighted by Gasteiger charge is -2.49. The SMILES string of the molecule is Cc1ccccc1NC(=O)CNC1CC(O)C1(C)C. The number of para-hydroxylation sites is 1. The monoisotopic (exact) mass is 262 g/mol. The largest absolute Gasteiger partial charge is 0.392 e. The first-order valence-electron chi connectivity index (χ1n) is 6.68. The maximum Gasteiger partial charge on any atom is 0.238 e. The Hall–Kier alpha value is -1.39. The number of nitrogens with one attached hydrogen (secondary N) is 2. The van der Waals surface area contributed by atoms with Crippen LogP contribution < -0.4 is 10.6 Å². The highest BCUT2D eigenvalue weighted by atomic mass is 16.3. The number of hydrogen-bond donors (Lipinski definition) is 3. The molecule has 3 N–H and O–H groups in total. The summed E-state index contributed by atoms with van der Waals surface area (Å²) in [5.74, 6) is -0.0495. The maximum absolute atomic E-state index is 11.9. The van der Waals surface area contributed by atoms with Gasteiger partial charge in [0.2, 0.25) is 5.91 Å². The van der Waals surface area contributed by atoms with Crippen LogP contribution in [0.15, 0.2) is 24.3 Å². The minimum Gasteiger partial charge on any atom is -0.392 e. The number of rotatable bonds is 4. The smallest absolute Gasteiger partial charge is 0.238 e. The van der Waals surface area contributed by atoms with Gasteiger partial charge in [0.15, 0.2) is 0 Å². The quantitative estimate of drug-likeness (QED) is 0.773. The molecular weight excluding hydrogens is 240 g/mol. The summed E-state index contributed by atoms with van der Waals surface area (Å²) in [5.41, 5.74) is 1.75. The second-order valence-electron chi connectivity index (χ2n) is 5.87. The van der Waals surface area contributed by atoms with Gasteiger partial charge in [-0.2, -0.15) is 0 Å². The molecule has 1 saturated carbocycles. The van der Waals surface area contributed by atoms with Gasteiger partial charge in [0, 0.05) is 17.1 Å². The van der Waals surface area contributed by atoms with E-state index in [1.807, 2.05) is 45.0 Å². The van der Waals surface area contributed by atoms with Crippen molar-refractivity contribution in [3.63, 3.8) is 0 Å². The molecule has 0 radical (unpaired) electrons. The summed E-state index contributed by atoms with van der Waals surface area (Å²) in [6.07, 6.45) is 0.439. The third kappa shape index (κ3) is 2.96. The molecule has 2 rings (SSSR count). The Morgan fingerprint density at radius 2 is 2.11 bits per heavy atom. The lowest BCUT2D eigenvalue weighted by atomic mass is 9.64. The van der Waals surface area contributed by atoms with E-state index in [1.54, 1.807) is 0 Å². The van der Waals surface area contributed by atoms with Gasteiger partial charge in [-0.25, -0.2) is 0 Å². The molecule has 0 spiro atoms. The molecule has 0 aromatic heterocycles. The molecule has 1 amide bonds. The molecule has 1 aromatic rings. The van der Waals surface area contributed by atoms with Crippen molar-refractivity contribution < 1.29 is 9.90 Å². The molecule has 4 nitrogen and oxygen atoms in total. The average Bonchev–Trinajstić information content (AvgIpc) is 2.37. The molecule has 19 heavy (non-hydrogen) atoms. The number of benzene rings is 1. The zero-order valence-corrected chi connectivity index (χ0v) is 11.7. The van der Waals surface area contributed by atoms with E-state index in [4.69, 9.17) is 0 Å². The fourth-order valence-electron chi connectivity index (χ4n) is 2.37. The van der Waals surface area contributed by atoms with Crippen molar-refractivity contribution in [1.82, 2.24) is 5.32 Å². The van der Waals surface area contributed by atoms with Gasteiger partial charge in [0.25, 0.3) is 0 Å². The Balaban J connectivity index is 1.82. The van der Waals surface area contributed by atoms with Gasteiger partial charge in [-0.3, -0.25) is 4.79 Å². The minimum atomic E-state index is -0.274. The molecule has 1 aromatic carbocycles. The van der Waals surface area contributed by atoms with E-state index in [1.165, 1.54) is 0 Å². The highest BCUT2D eigenvalue weighted by Gasteiger charge is 2.46. The van der Waals surface area contributed by atoms with Crippen LogP contribution in [0.25, 0.3) is 0 Å². The van der Waals surface area contributed by atoms with Crippen molar-refractivity contribution >= 4 is 11.6 Å². The van der Waals surface area contributed by atoms with E-state index in [2.05, 4.69) is 10.6 Å². The summed E-state index contributed by atoms with van der Waals surface area (Å²) in [4.78, 5) is 11.9. The van der Waals surface area contributed by atoms with Gasteiger partial charge in [0.05, 0.1) is 12.6 Å². The van der Waals surface area contributed by atoms with E-state index in [0.29, 0.717) is 6.42 Å². The summed E-state index contributed by atoms with van der Waals surface area (Å²) >= 11 is 0. The zero-order chi connectivity index (χ0) is 14.0. The minimum absolute atomic E-state index is 0.0495. The fourth-order valence-corrected chi connectivity index (χ4v) is 2.37. The molecule has 0 saturated heterocycles. The predicted octanol–water partition coefficient (Wildman–Crippen LogP) is 1.68. The van der Waals surface area contributed by atoms with E-state index in [0.717, 1.165) is 11.3 Å². The van der Waals surface area contributed by atoms with Gasteiger partial charge >= 0.3 is 0 Å². The Kier molecular flexibility index (Phi) is 3.92. The van der Waals surface area contributed by atoms with Gasteiger partial charge in [0.1, 0.15) is 0 Å². The molecule has 0 aliphatic heterocycles. The van der Waals surface area contributed by atoms with Crippen LogP contribution in [-0.4, -0.2) is 29.7 Å². The van der Waals surface area contributed by atoms with Crippen molar-refractivity contribution in [3.05, 3.63) is 29.8 Å². The first-order valence-corrected chi connectivity index (χ1v) is 6.68. The van der Waals surface area contributed by atoms with Crippen molar-refractivity contribution in [1.29, 1.82) is 0 Å². The van der Waals surface area contributed by atoms with E-state index >= 15 is 0 Å². The number of hydrogen-bond acceptors (Lipinski definition) is 3. The van der Waals surface area contributed by atoms with E-state index in [-0.39, 0.29) is 30.0 Å². The van der Waals surface area contributed by atoms with Crippen LogP contribution >= 0.6 is 0 Å². The Morgan fingerprint density at radius 1 is 1.42 bits per heavy atom. The molecule has 1 aliphatic rings. The van der Waals surface area contributed by atoms with Crippen LogP contribution in [-0.2, 0) is 4.79 Å². The lowest BCUT2D eigenvalue weighted by molar-refractivity contribution is -0.117. The molecule has 4 heteroatoms. The predicted molar refractivity (Wildman–Crippen MR) is 76.0 cm³/mol. The Labute approximate surface area is 114 Å².